The van der Waals surface area contributed by atoms with Crippen LogP contribution in [0.25, 0.3) is 12.2 Å². The van der Waals surface area contributed by atoms with Crippen molar-refractivity contribution in [1.82, 2.24) is 14.7 Å². The Morgan fingerprint density at radius 1 is 0.932 bits per heavy atom. The molecule has 0 aliphatic carbocycles. The van der Waals surface area contributed by atoms with Gasteiger partial charge in [0.1, 0.15) is 4.32 Å². The maximum Gasteiger partial charge on any atom is 0.286 e. The van der Waals surface area contributed by atoms with Crippen molar-refractivity contribution in [2.75, 3.05) is 53.7 Å². The Bertz CT molecular complexity index is 1630. The van der Waals surface area contributed by atoms with Crippen LogP contribution in [-0.4, -0.2) is 95.6 Å². The highest BCUT2D eigenvalue weighted by Crippen LogP contribution is 2.37. The second-order valence-electron chi connectivity index (χ2n) is 9.99. The second kappa shape index (κ2) is 12.9. The Hall–Kier alpha value is -4.01. The molecule has 0 aromatic heterocycles. The fourth-order valence-corrected chi connectivity index (χ4v) is 7.26. The summed E-state index contributed by atoms with van der Waals surface area (Å²) in [5, 5.41) is 0.626. The molecule has 0 unspecified atom stereocenters. The number of carbonyl (C=O) groups excluding carboxylic acids is 3. The molecule has 228 valence electrons. The van der Waals surface area contributed by atoms with E-state index < -0.39 is 0 Å². The van der Waals surface area contributed by atoms with E-state index in [1.54, 1.807) is 49.5 Å². The lowest BCUT2D eigenvalue weighted by Crippen LogP contribution is -2.50. The number of benzene rings is 2. The summed E-state index contributed by atoms with van der Waals surface area (Å²) in [5.41, 5.74) is 1.61. The molecule has 0 radical (unpaired) electrons. The minimum absolute atomic E-state index is 0.0513. The van der Waals surface area contributed by atoms with Crippen molar-refractivity contribution >= 4 is 75.1 Å². The van der Waals surface area contributed by atoms with Crippen LogP contribution in [0, 0.1) is 0 Å². The molecule has 0 saturated carbocycles. The van der Waals surface area contributed by atoms with Gasteiger partial charge in [0, 0.05) is 39.1 Å². The van der Waals surface area contributed by atoms with Crippen LogP contribution >= 0.6 is 35.7 Å². The van der Waals surface area contributed by atoms with Gasteiger partial charge in [0.25, 0.3) is 11.8 Å². The first-order valence-electron chi connectivity index (χ1n) is 13.8. The van der Waals surface area contributed by atoms with Gasteiger partial charge in [0.05, 0.1) is 24.0 Å². The quantitative estimate of drug-likeness (QED) is 0.322. The molecular formula is C30H28N4O7S3. The van der Waals surface area contributed by atoms with Gasteiger partial charge >= 0.3 is 0 Å². The summed E-state index contributed by atoms with van der Waals surface area (Å²) in [4.78, 5) is 49.3. The van der Waals surface area contributed by atoms with Crippen LogP contribution in [0.2, 0.25) is 0 Å². The van der Waals surface area contributed by atoms with Gasteiger partial charge in [-0.3, -0.25) is 19.3 Å². The number of nitrogens with zero attached hydrogens (tertiary/aromatic N) is 4. The summed E-state index contributed by atoms with van der Waals surface area (Å²) >= 11 is 7.99. The highest BCUT2D eigenvalue weighted by molar-refractivity contribution is 8.26. The molecule has 2 aromatic rings. The third-order valence-corrected chi connectivity index (χ3v) is 9.76. The van der Waals surface area contributed by atoms with E-state index in [9.17, 15) is 14.4 Å². The fourth-order valence-electron chi connectivity index (χ4n) is 4.99. The molecule has 11 nitrogen and oxygen atoms in total. The molecule has 4 aliphatic rings. The molecule has 44 heavy (non-hydrogen) atoms. The number of piperazine rings is 1. The normalized spacial score (nSPS) is 19.8. The number of hydrogen-bond acceptors (Lipinski definition) is 11. The number of rotatable bonds is 7. The van der Waals surface area contributed by atoms with Gasteiger partial charge in [-0.1, -0.05) is 36.1 Å². The molecule has 2 saturated heterocycles. The van der Waals surface area contributed by atoms with Gasteiger partial charge in [0.15, 0.2) is 28.2 Å². The summed E-state index contributed by atoms with van der Waals surface area (Å²) in [7, 11) is 3.13. The van der Waals surface area contributed by atoms with Crippen molar-refractivity contribution in [3.8, 4) is 23.0 Å². The van der Waals surface area contributed by atoms with Crippen molar-refractivity contribution in [2.24, 2.45) is 4.99 Å². The number of carbonyl (C=O) groups is 3. The molecule has 0 atom stereocenters. The molecule has 2 fully saturated rings. The summed E-state index contributed by atoms with van der Waals surface area (Å²) in [6, 6.07) is 10.9. The van der Waals surface area contributed by atoms with E-state index in [1.807, 2.05) is 23.1 Å². The van der Waals surface area contributed by atoms with E-state index in [1.165, 1.54) is 28.4 Å². The van der Waals surface area contributed by atoms with E-state index in [4.69, 9.17) is 31.2 Å². The average molecular weight is 653 g/mol. The first kappa shape index (κ1) is 30.0. The van der Waals surface area contributed by atoms with Crippen molar-refractivity contribution in [2.45, 2.75) is 6.42 Å². The summed E-state index contributed by atoms with van der Waals surface area (Å²) in [6.45, 7) is 2.47. The Kier molecular flexibility index (Phi) is 8.82. The van der Waals surface area contributed by atoms with Gasteiger partial charge in [0.2, 0.25) is 12.7 Å². The number of thioether (sulfide) groups is 2. The van der Waals surface area contributed by atoms with Gasteiger partial charge in [-0.25, -0.2) is 0 Å². The summed E-state index contributed by atoms with van der Waals surface area (Å²) in [5.74, 6) is 1.93. The highest BCUT2D eigenvalue weighted by atomic mass is 32.2. The fraction of sp³-hybridized carbons (Fsp3) is 0.300. The number of amidine groups is 1. The summed E-state index contributed by atoms with van der Waals surface area (Å²) < 4.78 is 21.8. The van der Waals surface area contributed by atoms with Gasteiger partial charge < -0.3 is 28.7 Å². The first-order chi connectivity index (χ1) is 21.3. The van der Waals surface area contributed by atoms with Crippen LogP contribution in [0.3, 0.4) is 0 Å². The van der Waals surface area contributed by atoms with Crippen LogP contribution in [0.5, 0.6) is 23.0 Å². The molecule has 14 heteroatoms. The van der Waals surface area contributed by atoms with E-state index in [2.05, 4.69) is 4.99 Å². The van der Waals surface area contributed by atoms with E-state index in [0.29, 0.717) is 68.5 Å². The minimum Gasteiger partial charge on any atom is -0.493 e. The molecular weight excluding hydrogens is 625 g/mol. The SMILES string of the molecule is COc1ccc(/C=C2/SC(N3CCN(C(=O)CCN4C(=O)/C(=C\c5ccc6c(c5)OCO6)SC4=S)CC3)=NC2=O)cc1OC. The predicted octanol–water partition coefficient (Wildman–Crippen LogP) is 3.84. The number of ether oxygens (including phenoxy) is 4. The number of fused-ring (bicyclic) bond motifs is 1. The molecule has 6 rings (SSSR count). The average Bonchev–Trinajstić information content (AvgIpc) is 3.73. The monoisotopic (exact) mass is 652 g/mol. The number of aliphatic imine (C=N–C) groups is 1. The van der Waals surface area contributed by atoms with E-state index in [-0.39, 0.29) is 37.5 Å². The van der Waals surface area contributed by atoms with Gasteiger partial charge in [-0.05, 0) is 59.3 Å². The van der Waals surface area contributed by atoms with Crippen molar-refractivity contribution < 1.29 is 33.3 Å². The van der Waals surface area contributed by atoms with Crippen LogP contribution in [0.15, 0.2) is 51.2 Å². The molecule has 2 aromatic carbocycles. The number of amides is 3. The zero-order chi connectivity index (χ0) is 30.8. The third-order valence-electron chi connectivity index (χ3n) is 7.33. The van der Waals surface area contributed by atoms with Crippen LogP contribution < -0.4 is 18.9 Å². The lowest BCUT2D eigenvalue weighted by molar-refractivity contribution is -0.133. The Balaban J connectivity index is 0.995. The molecule has 4 heterocycles. The maximum absolute atomic E-state index is 13.1. The molecule has 4 aliphatic heterocycles. The van der Waals surface area contributed by atoms with Gasteiger partial charge in [-0.15, -0.1) is 0 Å². The Labute approximate surface area is 267 Å². The van der Waals surface area contributed by atoms with Crippen LogP contribution in [0.4, 0.5) is 0 Å². The molecule has 3 amide bonds. The van der Waals surface area contributed by atoms with E-state index in [0.717, 1.165) is 11.1 Å². The van der Waals surface area contributed by atoms with Crippen LogP contribution in [-0.2, 0) is 14.4 Å². The lowest BCUT2D eigenvalue weighted by Gasteiger charge is -2.35. The van der Waals surface area contributed by atoms with E-state index >= 15 is 0 Å². The standard InChI is InChI=1S/C30H28N4O7S3/c1-38-20-5-3-18(13-22(20)39-2)15-24-27(36)31-29(43-24)33-11-9-32(10-12-33)26(35)7-8-34-28(37)25(44-30(34)42)16-19-4-6-21-23(14-19)41-17-40-21/h3-6,13-16H,7-12,17H2,1-2H3/b24-15+,25-16+. The minimum atomic E-state index is -0.297. The topological polar surface area (TPSA) is 110 Å². The second-order valence-corrected chi connectivity index (χ2v) is 12.7. The predicted molar refractivity (Wildman–Crippen MR) is 173 cm³/mol. The smallest absolute Gasteiger partial charge is 0.286 e. The Morgan fingerprint density at radius 2 is 1.64 bits per heavy atom. The highest BCUT2D eigenvalue weighted by Gasteiger charge is 2.34. The van der Waals surface area contributed by atoms with Crippen molar-refractivity contribution in [3.63, 3.8) is 0 Å². The number of thiocarbonyl (C=S) groups is 1. The maximum atomic E-state index is 13.1. The summed E-state index contributed by atoms with van der Waals surface area (Å²) in [6.07, 6.45) is 3.71. The molecule has 0 N–H and O–H groups in total. The number of hydrogen-bond donors (Lipinski definition) is 0. The molecule has 0 spiro atoms. The first-order valence-corrected chi connectivity index (χ1v) is 15.8. The Morgan fingerprint density at radius 3 is 2.41 bits per heavy atom. The zero-order valence-corrected chi connectivity index (χ0v) is 26.4. The van der Waals surface area contributed by atoms with Gasteiger partial charge in [-0.2, -0.15) is 4.99 Å². The molecule has 0 bridgehead atoms. The lowest BCUT2D eigenvalue weighted by atomic mass is 10.2. The third kappa shape index (κ3) is 6.28. The largest absolute Gasteiger partial charge is 0.493 e. The van der Waals surface area contributed by atoms with Crippen molar-refractivity contribution in [1.29, 1.82) is 0 Å². The number of methoxy groups -OCH3 is 2. The van der Waals surface area contributed by atoms with Crippen molar-refractivity contribution in [3.05, 3.63) is 57.3 Å². The van der Waals surface area contributed by atoms with Crippen LogP contribution in [0.1, 0.15) is 17.5 Å². The zero-order valence-electron chi connectivity index (χ0n) is 23.9.